The second kappa shape index (κ2) is 6.81. The summed E-state index contributed by atoms with van der Waals surface area (Å²) in [7, 11) is -0.890. The van der Waals surface area contributed by atoms with Crippen molar-refractivity contribution in [2.75, 3.05) is 12.4 Å². The number of hydrogen-bond donors (Lipinski definition) is 0. The Hall–Kier alpha value is -0.670. The zero-order valence-electron chi connectivity index (χ0n) is 10.2. The summed E-state index contributed by atoms with van der Waals surface area (Å²) >= 11 is 0. The molecule has 0 spiro atoms. The van der Waals surface area contributed by atoms with Gasteiger partial charge < -0.3 is 4.74 Å². The monoisotopic (exact) mass is 240 g/mol. The fourth-order valence-electron chi connectivity index (χ4n) is 1.43. The van der Waals surface area contributed by atoms with E-state index in [1.165, 1.54) is 0 Å². The van der Waals surface area contributed by atoms with Crippen LogP contribution < -0.4 is 0 Å². The van der Waals surface area contributed by atoms with Crippen molar-refractivity contribution in [3.63, 3.8) is 0 Å². The summed E-state index contributed by atoms with van der Waals surface area (Å²) in [5, 5.41) is 0. The molecule has 0 N–H and O–H groups in total. The lowest BCUT2D eigenvalue weighted by Gasteiger charge is -2.08. The van der Waals surface area contributed by atoms with Crippen molar-refractivity contribution in [3.8, 4) is 0 Å². The predicted molar refractivity (Wildman–Crippen MR) is 68.2 cm³/mol. The Kier molecular flexibility index (Phi) is 5.71. The lowest BCUT2D eigenvalue weighted by molar-refractivity contribution is 0.0798. The molecule has 1 aromatic rings. The van der Waals surface area contributed by atoms with Crippen molar-refractivity contribution in [1.29, 1.82) is 0 Å². The van der Waals surface area contributed by atoms with Gasteiger partial charge in [-0.1, -0.05) is 18.2 Å². The van der Waals surface area contributed by atoms with Crippen LogP contribution in [-0.2, 0) is 15.5 Å². The van der Waals surface area contributed by atoms with Gasteiger partial charge in [-0.15, -0.1) is 0 Å². The van der Waals surface area contributed by atoms with Crippen LogP contribution in [-0.4, -0.2) is 22.7 Å². The summed E-state index contributed by atoms with van der Waals surface area (Å²) in [5.74, 6) is 0.678. The average molecular weight is 240 g/mol. The van der Waals surface area contributed by atoms with Crippen molar-refractivity contribution in [3.05, 3.63) is 29.8 Å². The van der Waals surface area contributed by atoms with Crippen molar-refractivity contribution >= 4 is 10.8 Å². The topological polar surface area (TPSA) is 26.3 Å². The second-order valence-electron chi connectivity index (χ2n) is 4.09. The lowest BCUT2D eigenvalue weighted by atomic mass is 10.2. The standard InChI is InChI=1S/C13H20O2S/c1-11(2)15-9-6-10-16(14)13-8-5-4-7-12(13)3/h4-5,7-8,11H,6,9-10H2,1-3H3/t16-/m0/s1. The van der Waals surface area contributed by atoms with Gasteiger partial charge in [-0.25, -0.2) is 0 Å². The van der Waals surface area contributed by atoms with Gasteiger partial charge in [0.2, 0.25) is 0 Å². The first kappa shape index (κ1) is 13.4. The van der Waals surface area contributed by atoms with Gasteiger partial charge in [0.05, 0.1) is 16.9 Å². The Bertz CT molecular complexity index is 348. The summed E-state index contributed by atoms with van der Waals surface area (Å²) in [4.78, 5) is 0.951. The van der Waals surface area contributed by atoms with Crippen LogP contribution >= 0.6 is 0 Å². The molecule has 0 aliphatic carbocycles. The first-order valence-electron chi connectivity index (χ1n) is 5.67. The molecule has 0 saturated heterocycles. The molecule has 2 nitrogen and oxygen atoms in total. The molecule has 1 aromatic carbocycles. The molecule has 0 aliphatic heterocycles. The Morgan fingerprint density at radius 3 is 2.62 bits per heavy atom. The van der Waals surface area contributed by atoms with Gasteiger partial charge in [-0.2, -0.15) is 0 Å². The molecule has 0 unspecified atom stereocenters. The zero-order chi connectivity index (χ0) is 12.0. The van der Waals surface area contributed by atoms with E-state index in [1.54, 1.807) is 0 Å². The van der Waals surface area contributed by atoms with Gasteiger partial charge in [0.15, 0.2) is 0 Å². The molecule has 3 heteroatoms. The minimum atomic E-state index is -0.890. The normalized spacial score (nSPS) is 13.0. The predicted octanol–water partition coefficient (Wildman–Crippen LogP) is 2.92. The Balaban J connectivity index is 2.39. The van der Waals surface area contributed by atoms with E-state index in [4.69, 9.17) is 4.74 Å². The fourth-order valence-corrected chi connectivity index (χ4v) is 2.69. The van der Waals surface area contributed by atoms with Gasteiger partial charge in [0, 0.05) is 17.3 Å². The molecule has 0 heterocycles. The molecule has 0 amide bonds. The SMILES string of the molecule is Cc1ccccc1[S@@](=O)CCCOC(C)C. The zero-order valence-corrected chi connectivity index (χ0v) is 11.0. The number of aryl methyl sites for hydroxylation is 1. The van der Waals surface area contributed by atoms with E-state index < -0.39 is 10.8 Å². The minimum absolute atomic E-state index is 0.256. The highest BCUT2D eigenvalue weighted by molar-refractivity contribution is 7.85. The highest BCUT2D eigenvalue weighted by Crippen LogP contribution is 2.12. The molecule has 1 rings (SSSR count). The smallest absolute Gasteiger partial charge is 0.0533 e. The van der Waals surface area contributed by atoms with E-state index in [0.717, 1.165) is 16.9 Å². The number of rotatable bonds is 6. The van der Waals surface area contributed by atoms with Crippen LogP contribution in [0, 0.1) is 6.92 Å². The third-order valence-electron chi connectivity index (χ3n) is 2.26. The third-order valence-corrected chi connectivity index (χ3v) is 3.87. The summed E-state index contributed by atoms with van der Waals surface area (Å²) < 4.78 is 17.4. The first-order valence-corrected chi connectivity index (χ1v) is 6.98. The highest BCUT2D eigenvalue weighted by atomic mass is 32.2. The molecule has 0 fully saturated rings. The molecule has 0 bridgehead atoms. The molecular formula is C13H20O2S. The second-order valence-corrected chi connectivity index (χ2v) is 5.63. The van der Waals surface area contributed by atoms with E-state index in [1.807, 2.05) is 45.0 Å². The maximum Gasteiger partial charge on any atom is 0.0533 e. The quantitative estimate of drug-likeness (QED) is 0.715. The Morgan fingerprint density at radius 1 is 1.31 bits per heavy atom. The largest absolute Gasteiger partial charge is 0.379 e. The molecule has 0 saturated carbocycles. The molecule has 16 heavy (non-hydrogen) atoms. The van der Waals surface area contributed by atoms with Crippen LogP contribution in [0.2, 0.25) is 0 Å². The maximum atomic E-state index is 12.0. The van der Waals surface area contributed by atoms with E-state index in [2.05, 4.69) is 0 Å². The van der Waals surface area contributed by atoms with Crippen LogP contribution in [0.15, 0.2) is 29.2 Å². The van der Waals surface area contributed by atoms with E-state index >= 15 is 0 Å². The molecule has 0 radical (unpaired) electrons. The van der Waals surface area contributed by atoms with Crippen LogP contribution in [0.4, 0.5) is 0 Å². The van der Waals surface area contributed by atoms with Crippen molar-refractivity contribution in [1.82, 2.24) is 0 Å². The maximum absolute atomic E-state index is 12.0. The van der Waals surface area contributed by atoms with Crippen molar-refractivity contribution < 1.29 is 8.95 Å². The van der Waals surface area contributed by atoms with Crippen LogP contribution in [0.1, 0.15) is 25.8 Å². The van der Waals surface area contributed by atoms with Gasteiger partial charge >= 0.3 is 0 Å². The van der Waals surface area contributed by atoms with Crippen LogP contribution in [0.5, 0.6) is 0 Å². The summed E-state index contributed by atoms with van der Waals surface area (Å²) in [6, 6.07) is 7.84. The third kappa shape index (κ3) is 4.45. The van der Waals surface area contributed by atoms with Crippen LogP contribution in [0.3, 0.4) is 0 Å². The van der Waals surface area contributed by atoms with Crippen molar-refractivity contribution in [2.45, 2.75) is 38.2 Å². The highest BCUT2D eigenvalue weighted by Gasteiger charge is 2.06. The number of benzene rings is 1. The Morgan fingerprint density at radius 2 is 2.00 bits per heavy atom. The molecule has 0 aromatic heterocycles. The fraction of sp³-hybridized carbons (Fsp3) is 0.538. The van der Waals surface area contributed by atoms with E-state index in [9.17, 15) is 4.21 Å². The minimum Gasteiger partial charge on any atom is -0.379 e. The van der Waals surface area contributed by atoms with Gasteiger partial charge in [0.25, 0.3) is 0 Å². The number of hydrogen-bond acceptors (Lipinski definition) is 2. The van der Waals surface area contributed by atoms with Gasteiger partial charge in [-0.3, -0.25) is 4.21 Å². The Labute approximate surface area is 100 Å². The molecular weight excluding hydrogens is 220 g/mol. The number of ether oxygens (including phenoxy) is 1. The van der Waals surface area contributed by atoms with Crippen molar-refractivity contribution in [2.24, 2.45) is 0 Å². The van der Waals surface area contributed by atoms with E-state index in [0.29, 0.717) is 12.4 Å². The first-order chi connectivity index (χ1) is 7.61. The molecule has 0 aliphatic rings. The van der Waals surface area contributed by atoms with E-state index in [-0.39, 0.29) is 6.10 Å². The van der Waals surface area contributed by atoms with Gasteiger partial charge in [-0.05, 0) is 38.8 Å². The van der Waals surface area contributed by atoms with Gasteiger partial charge in [0.1, 0.15) is 0 Å². The van der Waals surface area contributed by atoms with Crippen LogP contribution in [0.25, 0.3) is 0 Å². The molecule has 1 atom stereocenters. The lowest BCUT2D eigenvalue weighted by Crippen LogP contribution is -2.08. The summed E-state index contributed by atoms with van der Waals surface area (Å²) in [5.41, 5.74) is 1.10. The average Bonchev–Trinajstić information content (AvgIpc) is 2.24. The summed E-state index contributed by atoms with van der Waals surface area (Å²) in [6.45, 7) is 6.71. The molecule has 90 valence electrons. The summed E-state index contributed by atoms with van der Waals surface area (Å²) in [6.07, 6.45) is 1.10.